The van der Waals surface area contributed by atoms with Gasteiger partial charge in [0, 0.05) is 5.56 Å². The third kappa shape index (κ3) is 2.72. The Morgan fingerprint density at radius 2 is 2.33 bits per heavy atom. The van der Waals surface area contributed by atoms with Gasteiger partial charge in [-0.15, -0.1) is 0 Å². The number of hydrogen-bond donors (Lipinski definition) is 2. The number of amides is 1. The summed E-state index contributed by atoms with van der Waals surface area (Å²) in [5, 5.41) is 12.5. The van der Waals surface area contributed by atoms with Crippen LogP contribution in [0.4, 0.5) is 9.80 Å². The number of nitrogens with zero attached hydrogens (tertiary/aromatic N) is 1. The van der Waals surface area contributed by atoms with E-state index >= 15 is 0 Å². The summed E-state index contributed by atoms with van der Waals surface area (Å²) in [6.07, 6.45) is 0.355. The van der Waals surface area contributed by atoms with Crippen molar-refractivity contribution in [1.82, 2.24) is 4.98 Å². The van der Waals surface area contributed by atoms with Gasteiger partial charge < -0.3 is 9.84 Å². The summed E-state index contributed by atoms with van der Waals surface area (Å²) in [6.45, 7) is 0. The highest BCUT2D eigenvalue weighted by Crippen LogP contribution is 2.33. The largest absolute Gasteiger partial charge is 0.495 e. The number of thiazole rings is 1. The SMILES string of the molecule is COc1cc(-c2ncc(NC(=O)O)s2)ccc1Cl. The summed E-state index contributed by atoms with van der Waals surface area (Å²) in [4.78, 5) is 14.6. The van der Waals surface area contributed by atoms with Gasteiger partial charge in [0.05, 0.1) is 18.3 Å². The van der Waals surface area contributed by atoms with E-state index in [2.05, 4.69) is 10.3 Å². The van der Waals surface area contributed by atoms with Crippen LogP contribution in [0.3, 0.4) is 0 Å². The van der Waals surface area contributed by atoms with E-state index < -0.39 is 6.09 Å². The first-order valence-corrected chi connectivity index (χ1v) is 6.09. The molecule has 18 heavy (non-hydrogen) atoms. The van der Waals surface area contributed by atoms with Crippen molar-refractivity contribution in [3.8, 4) is 16.3 Å². The van der Waals surface area contributed by atoms with Crippen LogP contribution in [0.2, 0.25) is 5.02 Å². The smallest absolute Gasteiger partial charge is 0.409 e. The molecule has 5 nitrogen and oxygen atoms in total. The molecule has 2 N–H and O–H groups in total. The van der Waals surface area contributed by atoms with Crippen LogP contribution in [0.25, 0.3) is 10.6 Å². The molecule has 1 amide bonds. The molecule has 0 aliphatic rings. The summed E-state index contributed by atoms with van der Waals surface area (Å²) in [6, 6.07) is 5.27. The highest BCUT2D eigenvalue weighted by atomic mass is 35.5. The van der Waals surface area contributed by atoms with Crippen LogP contribution in [0.1, 0.15) is 0 Å². The first-order chi connectivity index (χ1) is 8.60. The number of methoxy groups -OCH3 is 1. The molecule has 0 aliphatic heterocycles. The number of aromatic nitrogens is 1. The number of rotatable bonds is 3. The Kier molecular flexibility index (Phi) is 3.69. The molecule has 2 aromatic rings. The molecule has 0 unspecified atom stereocenters. The van der Waals surface area contributed by atoms with Gasteiger partial charge in [-0.3, -0.25) is 5.32 Å². The number of carbonyl (C=O) groups is 1. The standard InChI is InChI=1S/C11H9ClN2O3S/c1-17-8-4-6(2-3-7(8)12)10-13-5-9(18-10)14-11(15)16/h2-5,14H,1H3,(H,15,16). The molecule has 0 fully saturated rings. The molecule has 0 saturated carbocycles. The maximum Gasteiger partial charge on any atom is 0.409 e. The van der Waals surface area contributed by atoms with Crippen LogP contribution >= 0.6 is 22.9 Å². The number of halogens is 1. The lowest BCUT2D eigenvalue weighted by molar-refractivity contribution is 0.210. The molecule has 1 aromatic heterocycles. The molecule has 0 radical (unpaired) electrons. The summed E-state index contributed by atoms with van der Waals surface area (Å²) in [5.74, 6) is 0.553. The molecule has 0 spiro atoms. The van der Waals surface area contributed by atoms with Gasteiger partial charge in [0.1, 0.15) is 15.8 Å². The zero-order chi connectivity index (χ0) is 13.1. The van der Waals surface area contributed by atoms with Crippen molar-refractivity contribution >= 4 is 34.0 Å². The molecular formula is C11H9ClN2O3S. The van der Waals surface area contributed by atoms with Crippen molar-refractivity contribution in [3.63, 3.8) is 0 Å². The fourth-order valence-electron chi connectivity index (χ4n) is 1.36. The third-order valence-corrected chi connectivity index (χ3v) is 3.41. The van der Waals surface area contributed by atoms with E-state index in [9.17, 15) is 4.79 Å². The molecule has 2 rings (SSSR count). The topological polar surface area (TPSA) is 71.5 Å². The summed E-state index contributed by atoms with van der Waals surface area (Å²) < 4.78 is 5.11. The van der Waals surface area contributed by atoms with Crippen molar-refractivity contribution in [1.29, 1.82) is 0 Å². The van der Waals surface area contributed by atoms with Crippen LogP contribution in [0.5, 0.6) is 5.75 Å². The Balaban J connectivity index is 2.31. The summed E-state index contributed by atoms with van der Waals surface area (Å²) >= 11 is 7.16. The van der Waals surface area contributed by atoms with Crippen molar-refractivity contribution < 1.29 is 14.6 Å². The molecular weight excluding hydrogens is 276 g/mol. The highest BCUT2D eigenvalue weighted by Gasteiger charge is 2.09. The Bertz CT molecular complexity index is 585. The molecule has 0 aliphatic carbocycles. The molecule has 1 heterocycles. The van der Waals surface area contributed by atoms with Crippen LogP contribution in [0.15, 0.2) is 24.4 Å². The van der Waals surface area contributed by atoms with Gasteiger partial charge in [-0.05, 0) is 12.1 Å². The minimum atomic E-state index is -1.11. The monoisotopic (exact) mass is 284 g/mol. The van der Waals surface area contributed by atoms with Gasteiger partial charge in [0.25, 0.3) is 0 Å². The second-order valence-corrected chi connectivity index (χ2v) is 4.75. The number of anilines is 1. The molecule has 7 heteroatoms. The van der Waals surface area contributed by atoms with Crippen molar-refractivity contribution in [2.24, 2.45) is 0 Å². The Hall–Kier alpha value is -1.79. The quantitative estimate of drug-likeness (QED) is 0.904. The van der Waals surface area contributed by atoms with E-state index in [0.29, 0.717) is 20.8 Å². The van der Waals surface area contributed by atoms with E-state index in [4.69, 9.17) is 21.4 Å². The zero-order valence-corrected chi connectivity index (χ0v) is 10.9. The Morgan fingerprint density at radius 3 is 3.00 bits per heavy atom. The number of benzene rings is 1. The number of hydrogen-bond acceptors (Lipinski definition) is 4. The van der Waals surface area contributed by atoms with Crippen LogP contribution in [0, 0.1) is 0 Å². The van der Waals surface area contributed by atoms with Gasteiger partial charge in [-0.1, -0.05) is 29.0 Å². The van der Waals surface area contributed by atoms with Crippen molar-refractivity contribution in [2.45, 2.75) is 0 Å². The second-order valence-electron chi connectivity index (χ2n) is 3.31. The molecule has 0 atom stereocenters. The minimum Gasteiger partial charge on any atom is -0.495 e. The summed E-state index contributed by atoms with van der Waals surface area (Å²) in [7, 11) is 1.53. The minimum absolute atomic E-state index is 0.464. The molecule has 0 bridgehead atoms. The van der Waals surface area contributed by atoms with Gasteiger partial charge in [0.2, 0.25) is 0 Å². The summed E-state index contributed by atoms with van der Waals surface area (Å²) in [5.41, 5.74) is 0.819. The average molecular weight is 285 g/mol. The Labute approximate surface area is 112 Å². The Morgan fingerprint density at radius 1 is 1.56 bits per heavy atom. The number of ether oxygens (including phenoxy) is 1. The van der Waals surface area contributed by atoms with Crippen molar-refractivity contribution in [3.05, 3.63) is 29.4 Å². The predicted octanol–water partition coefficient (Wildman–Crippen LogP) is 3.56. The van der Waals surface area contributed by atoms with Gasteiger partial charge in [-0.25, -0.2) is 9.78 Å². The van der Waals surface area contributed by atoms with E-state index in [0.717, 1.165) is 5.56 Å². The maximum atomic E-state index is 10.5. The lowest BCUT2D eigenvalue weighted by atomic mass is 10.2. The molecule has 94 valence electrons. The van der Waals surface area contributed by atoms with E-state index in [1.165, 1.54) is 24.6 Å². The van der Waals surface area contributed by atoms with E-state index in [-0.39, 0.29) is 0 Å². The fraction of sp³-hybridized carbons (Fsp3) is 0.0909. The number of nitrogens with one attached hydrogen (secondary N) is 1. The van der Waals surface area contributed by atoms with Gasteiger partial charge in [-0.2, -0.15) is 0 Å². The first kappa shape index (κ1) is 12.7. The number of carboxylic acid groups (broad SMARTS) is 1. The molecule has 1 aromatic carbocycles. The van der Waals surface area contributed by atoms with Crippen LogP contribution in [-0.4, -0.2) is 23.3 Å². The van der Waals surface area contributed by atoms with Gasteiger partial charge >= 0.3 is 6.09 Å². The average Bonchev–Trinajstić information content (AvgIpc) is 2.77. The fourth-order valence-corrected chi connectivity index (χ4v) is 2.36. The van der Waals surface area contributed by atoms with E-state index in [1.54, 1.807) is 18.2 Å². The van der Waals surface area contributed by atoms with Gasteiger partial charge in [0.15, 0.2) is 0 Å². The van der Waals surface area contributed by atoms with Crippen LogP contribution < -0.4 is 10.1 Å². The maximum absolute atomic E-state index is 10.5. The molecule has 0 saturated heterocycles. The van der Waals surface area contributed by atoms with Crippen LogP contribution in [-0.2, 0) is 0 Å². The lowest BCUT2D eigenvalue weighted by Gasteiger charge is -2.04. The predicted molar refractivity (Wildman–Crippen MR) is 70.8 cm³/mol. The third-order valence-electron chi connectivity index (χ3n) is 2.13. The second kappa shape index (κ2) is 5.24. The van der Waals surface area contributed by atoms with Crippen molar-refractivity contribution in [2.75, 3.05) is 12.4 Å². The normalized spacial score (nSPS) is 10.1. The lowest BCUT2D eigenvalue weighted by Crippen LogP contribution is -2.05. The van der Waals surface area contributed by atoms with E-state index in [1.807, 2.05) is 0 Å². The highest BCUT2D eigenvalue weighted by molar-refractivity contribution is 7.19. The zero-order valence-electron chi connectivity index (χ0n) is 9.31. The first-order valence-electron chi connectivity index (χ1n) is 4.90.